The van der Waals surface area contributed by atoms with Crippen molar-refractivity contribution in [2.24, 2.45) is 5.10 Å². The Kier molecular flexibility index (Phi) is 7.50. The molecule has 2 rings (SSSR count). The standard InChI is InChI=1S/C20H24N2O3/c1-3-13-24-18-11-9-16(10-12-18)20(23)22-21-15-17-7-5-6-8-19(17)25-14-4-2/h5-12,15H,3-4,13-14H2,1-2H3,(H,22,23)/b21-15+. The molecule has 1 N–H and O–H groups in total. The van der Waals surface area contributed by atoms with Crippen LogP contribution in [0.2, 0.25) is 0 Å². The van der Waals surface area contributed by atoms with Crippen LogP contribution in [0.25, 0.3) is 0 Å². The van der Waals surface area contributed by atoms with Crippen LogP contribution in [-0.4, -0.2) is 25.3 Å². The first-order chi connectivity index (χ1) is 12.2. The van der Waals surface area contributed by atoms with Crippen LogP contribution < -0.4 is 14.9 Å². The molecule has 5 nitrogen and oxygen atoms in total. The number of benzene rings is 2. The van der Waals surface area contributed by atoms with Crippen LogP contribution in [-0.2, 0) is 0 Å². The van der Waals surface area contributed by atoms with Crippen LogP contribution in [0.3, 0.4) is 0 Å². The Morgan fingerprint density at radius 2 is 1.68 bits per heavy atom. The van der Waals surface area contributed by atoms with Crippen molar-refractivity contribution in [3.05, 3.63) is 59.7 Å². The smallest absolute Gasteiger partial charge is 0.271 e. The van der Waals surface area contributed by atoms with Gasteiger partial charge in [-0.05, 0) is 49.2 Å². The maximum atomic E-state index is 12.1. The van der Waals surface area contributed by atoms with E-state index in [1.165, 1.54) is 0 Å². The molecule has 0 aliphatic carbocycles. The van der Waals surface area contributed by atoms with Gasteiger partial charge in [-0.1, -0.05) is 26.0 Å². The van der Waals surface area contributed by atoms with E-state index in [1.54, 1.807) is 30.5 Å². The van der Waals surface area contributed by atoms with Gasteiger partial charge in [0.15, 0.2) is 0 Å². The first kappa shape index (κ1) is 18.5. The molecule has 0 atom stereocenters. The first-order valence-corrected chi connectivity index (χ1v) is 8.52. The van der Waals surface area contributed by atoms with E-state index in [0.29, 0.717) is 18.8 Å². The minimum absolute atomic E-state index is 0.273. The number of carbonyl (C=O) groups excluding carboxylic acids is 1. The second kappa shape index (κ2) is 10.1. The van der Waals surface area contributed by atoms with Crippen molar-refractivity contribution in [1.29, 1.82) is 0 Å². The average Bonchev–Trinajstić information content (AvgIpc) is 2.66. The minimum atomic E-state index is -0.273. The Morgan fingerprint density at radius 1 is 1.00 bits per heavy atom. The molecule has 1 amide bonds. The summed E-state index contributed by atoms with van der Waals surface area (Å²) in [4.78, 5) is 12.1. The Hall–Kier alpha value is -2.82. The lowest BCUT2D eigenvalue weighted by Gasteiger charge is -2.07. The lowest BCUT2D eigenvalue weighted by Crippen LogP contribution is -2.17. The van der Waals surface area contributed by atoms with Crippen LogP contribution in [0.4, 0.5) is 0 Å². The minimum Gasteiger partial charge on any atom is -0.494 e. The van der Waals surface area contributed by atoms with Crippen molar-refractivity contribution >= 4 is 12.1 Å². The summed E-state index contributed by atoms with van der Waals surface area (Å²) in [5.41, 5.74) is 3.87. The number of carbonyl (C=O) groups is 1. The summed E-state index contributed by atoms with van der Waals surface area (Å²) in [5, 5.41) is 4.02. The van der Waals surface area contributed by atoms with E-state index in [0.717, 1.165) is 29.9 Å². The van der Waals surface area contributed by atoms with E-state index in [9.17, 15) is 4.79 Å². The van der Waals surface area contributed by atoms with Gasteiger partial charge in [-0.15, -0.1) is 0 Å². The quantitative estimate of drug-likeness (QED) is 0.554. The molecular weight excluding hydrogens is 316 g/mol. The summed E-state index contributed by atoms with van der Waals surface area (Å²) in [6, 6.07) is 14.6. The molecule has 0 radical (unpaired) electrons. The molecule has 5 heteroatoms. The predicted molar refractivity (Wildman–Crippen MR) is 99.5 cm³/mol. The number of nitrogens with zero attached hydrogens (tertiary/aromatic N) is 1. The number of para-hydroxylation sites is 1. The summed E-state index contributed by atoms with van der Waals surface area (Å²) < 4.78 is 11.2. The zero-order chi connectivity index (χ0) is 17.9. The Morgan fingerprint density at radius 3 is 2.40 bits per heavy atom. The summed E-state index contributed by atoms with van der Waals surface area (Å²) >= 11 is 0. The van der Waals surface area contributed by atoms with Gasteiger partial charge in [0.25, 0.3) is 5.91 Å². The topological polar surface area (TPSA) is 59.9 Å². The van der Waals surface area contributed by atoms with E-state index in [-0.39, 0.29) is 5.91 Å². The van der Waals surface area contributed by atoms with Crippen molar-refractivity contribution < 1.29 is 14.3 Å². The van der Waals surface area contributed by atoms with Gasteiger partial charge >= 0.3 is 0 Å². The summed E-state index contributed by atoms with van der Waals surface area (Å²) in [6.45, 7) is 5.40. The van der Waals surface area contributed by atoms with Gasteiger partial charge in [0.2, 0.25) is 0 Å². The second-order valence-corrected chi connectivity index (χ2v) is 5.46. The molecular formula is C20H24N2O3. The Labute approximate surface area is 148 Å². The molecule has 2 aromatic carbocycles. The summed E-state index contributed by atoms with van der Waals surface area (Å²) in [5.74, 6) is 1.23. The molecule has 0 saturated carbocycles. The number of hydrazone groups is 1. The van der Waals surface area contributed by atoms with E-state index < -0.39 is 0 Å². The lowest BCUT2D eigenvalue weighted by molar-refractivity contribution is 0.0955. The fourth-order valence-electron chi connectivity index (χ4n) is 2.08. The fraction of sp³-hybridized carbons (Fsp3) is 0.300. The van der Waals surface area contributed by atoms with Crippen LogP contribution >= 0.6 is 0 Å². The van der Waals surface area contributed by atoms with Gasteiger partial charge in [0, 0.05) is 11.1 Å². The number of amides is 1. The third-order valence-corrected chi connectivity index (χ3v) is 3.34. The largest absolute Gasteiger partial charge is 0.494 e. The van der Waals surface area contributed by atoms with Gasteiger partial charge in [0.05, 0.1) is 19.4 Å². The van der Waals surface area contributed by atoms with Crippen molar-refractivity contribution in [3.63, 3.8) is 0 Å². The zero-order valence-corrected chi connectivity index (χ0v) is 14.7. The summed E-state index contributed by atoms with van der Waals surface area (Å²) in [7, 11) is 0. The van der Waals surface area contributed by atoms with Crippen LogP contribution in [0, 0.1) is 0 Å². The van der Waals surface area contributed by atoms with E-state index in [1.807, 2.05) is 31.2 Å². The van der Waals surface area contributed by atoms with Crippen LogP contribution in [0.1, 0.15) is 42.6 Å². The number of rotatable bonds is 9. The third-order valence-electron chi connectivity index (χ3n) is 3.34. The monoisotopic (exact) mass is 340 g/mol. The lowest BCUT2D eigenvalue weighted by atomic mass is 10.2. The van der Waals surface area contributed by atoms with Crippen LogP contribution in [0.15, 0.2) is 53.6 Å². The highest BCUT2D eigenvalue weighted by molar-refractivity contribution is 5.95. The van der Waals surface area contributed by atoms with Gasteiger partial charge in [-0.2, -0.15) is 5.10 Å². The van der Waals surface area contributed by atoms with Crippen LogP contribution in [0.5, 0.6) is 11.5 Å². The number of nitrogens with one attached hydrogen (secondary N) is 1. The maximum absolute atomic E-state index is 12.1. The number of hydrogen-bond donors (Lipinski definition) is 1. The van der Waals surface area contributed by atoms with E-state index in [4.69, 9.17) is 9.47 Å². The highest BCUT2D eigenvalue weighted by atomic mass is 16.5. The molecule has 25 heavy (non-hydrogen) atoms. The molecule has 2 aromatic rings. The molecule has 0 heterocycles. The molecule has 0 bridgehead atoms. The molecule has 0 aliphatic rings. The fourth-order valence-corrected chi connectivity index (χ4v) is 2.08. The molecule has 0 fully saturated rings. The average molecular weight is 340 g/mol. The molecule has 132 valence electrons. The third kappa shape index (κ3) is 5.95. The Balaban J connectivity index is 1.94. The maximum Gasteiger partial charge on any atom is 0.271 e. The molecule has 0 saturated heterocycles. The van der Waals surface area contributed by atoms with Crippen molar-refractivity contribution in [3.8, 4) is 11.5 Å². The summed E-state index contributed by atoms with van der Waals surface area (Å²) in [6.07, 6.45) is 3.46. The SMILES string of the molecule is CCCOc1ccc(C(=O)N/N=C/c2ccccc2OCCC)cc1. The van der Waals surface area contributed by atoms with Gasteiger partial charge in [-0.25, -0.2) is 5.43 Å². The highest BCUT2D eigenvalue weighted by Crippen LogP contribution is 2.16. The van der Waals surface area contributed by atoms with E-state index >= 15 is 0 Å². The normalized spacial score (nSPS) is 10.6. The van der Waals surface area contributed by atoms with E-state index in [2.05, 4.69) is 17.5 Å². The molecule has 0 spiro atoms. The van der Waals surface area contributed by atoms with Gasteiger partial charge in [-0.3, -0.25) is 4.79 Å². The van der Waals surface area contributed by atoms with Gasteiger partial charge < -0.3 is 9.47 Å². The molecule has 0 aromatic heterocycles. The number of hydrogen-bond acceptors (Lipinski definition) is 4. The highest BCUT2D eigenvalue weighted by Gasteiger charge is 2.05. The van der Waals surface area contributed by atoms with Crippen molar-refractivity contribution in [2.45, 2.75) is 26.7 Å². The van der Waals surface area contributed by atoms with Crippen molar-refractivity contribution in [2.75, 3.05) is 13.2 Å². The zero-order valence-electron chi connectivity index (χ0n) is 14.7. The second-order valence-electron chi connectivity index (χ2n) is 5.46. The molecule has 0 unspecified atom stereocenters. The van der Waals surface area contributed by atoms with Gasteiger partial charge in [0.1, 0.15) is 11.5 Å². The predicted octanol–water partition coefficient (Wildman–Crippen LogP) is 4.03. The Bertz CT molecular complexity index is 696. The number of ether oxygens (including phenoxy) is 2. The van der Waals surface area contributed by atoms with Crippen molar-refractivity contribution in [1.82, 2.24) is 5.43 Å². The molecule has 0 aliphatic heterocycles. The first-order valence-electron chi connectivity index (χ1n) is 8.52.